The molecule has 1 aromatic carbocycles. The van der Waals surface area contributed by atoms with Crippen LogP contribution in [0.25, 0.3) is 0 Å². The minimum atomic E-state index is -0.0366. The highest BCUT2D eigenvalue weighted by Crippen LogP contribution is 2.25. The second-order valence-electron chi connectivity index (χ2n) is 5.12. The first kappa shape index (κ1) is 14.4. The quantitative estimate of drug-likeness (QED) is 0.776. The summed E-state index contributed by atoms with van der Waals surface area (Å²) in [5.41, 5.74) is 0.585. The highest BCUT2D eigenvalue weighted by molar-refractivity contribution is 6.31. The summed E-state index contributed by atoms with van der Waals surface area (Å²) in [5, 5.41) is 0.567. The van der Waals surface area contributed by atoms with E-state index in [9.17, 15) is 4.79 Å². The third-order valence-corrected chi connectivity index (χ3v) is 3.84. The van der Waals surface area contributed by atoms with E-state index in [2.05, 4.69) is 4.90 Å². The summed E-state index contributed by atoms with van der Waals surface area (Å²) in [7, 11) is 1.57. The molecule has 0 N–H and O–H groups in total. The van der Waals surface area contributed by atoms with Crippen molar-refractivity contribution in [1.82, 2.24) is 4.90 Å². The molecule has 1 saturated heterocycles. The van der Waals surface area contributed by atoms with Crippen molar-refractivity contribution in [2.24, 2.45) is 5.92 Å². The van der Waals surface area contributed by atoms with E-state index in [1.807, 2.05) is 6.92 Å². The topological polar surface area (TPSA) is 29.5 Å². The molecule has 0 saturated carbocycles. The molecule has 0 aliphatic carbocycles. The number of ether oxygens (including phenoxy) is 1. The van der Waals surface area contributed by atoms with Gasteiger partial charge in [-0.15, -0.1) is 0 Å². The van der Waals surface area contributed by atoms with Crippen LogP contribution >= 0.6 is 11.6 Å². The molecule has 0 radical (unpaired) electrons. The highest BCUT2D eigenvalue weighted by atomic mass is 35.5. The van der Waals surface area contributed by atoms with Crippen LogP contribution in [0.1, 0.15) is 30.1 Å². The molecular weight excluding hydrogens is 262 g/mol. The Balaban J connectivity index is 2.11. The molecule has 0 spiro atoms. The minimum absolute atomic E-state index is 0.0366. The van der Waals surface area contributed by atoms with Crippen LogP contribution in [0.5, 0.6) is 5.75 Å². The maximum Gasteiger partial charge on any atom is 0.170 e. The maximum absolute atomic E-state index is 12.5. The second-order valence-corrected chi connectivity index (χ2v) is 5.55. The third-order valence-electron chi connectivity index (χ3n) is 3.61. The van der Waals surface area contributed by atoms with Crippen LogP contribution in [0, 0.1) is 5.92 Å². The Morgan fingerprint density at radius 1 is 1.42 bits per heavy atom. The minimum Gasteiger partial charge on any atom is -0.496 e. The Labute approximate surface area is 119 Å². The van der Waals surface area contributed by atoms with Gasteiger partial charge >= 0.3 is 0 Å². The van der Waals surface area contributed by atoms with Gasteiger partial charge in [-0.05, 0) is 44.1 Å². The molecule has 1 heterocycles. The third kappa shape index (κ3) is 3.48. The Morgan fingerprint density at radius 3 is 2.74 bits per heavy atom. The van der Waals surface area contributed by atoms with Gasteiger partial charge < -0.3 is 9.64 Å². The Bertz CT molecular complexity index is 455. The molecular formula is C15H20ClNO2. The number of halogens is 1. The van der Waals surface area contributed by atoms with Gasteiger partial charge in [0.25, 0.3) is 0 Å². The Morgan fingerprint density at radius 2 is 2.11 bits per heavy atom. The lowest BCUT2D eigenvalue weighted by molar-refractivity contribution is 0.0900. The zero-order valence-electron chi connectivity index (χ0n) is 11.5. The van der Waals surface area contributed by atoms with Crippen LogP contribution in [0.2, 0.25) is 5.02 Å². The van der Waals surface area contributed by atoms with E-state index < -0.39 is 0 Å². The molecule has 0 amide bonds. The normalized spacial score (nSPS) is 17.4. The summed E-state index contributed by atoms with van der Waals surface area (Å²) in [5.74, 6) is 0.666. The number of benzene rings is 1. The molecule has 0 aromatic heterocycles. The lowest BCUT2D eigenvalue weighted by Crippen LogP contribution is -2.29. The largest absolute Gasteiger partial charge is 0.496 e. The number of carbonyl (C=O) groups excluding carboxylic acids is 1. The number of nitrogens with zero attached hydrogens (tertiary/aromatic N) is 1. The zero-order valence-corrected chi connectivity index (χ0v) is 12.2. The van der Waals surface area contributed by atoms with Crippen molar-refractivity contribution in [3.63, 3.8) is 0 Å². The van der Waals surface area contributed by atoms with Crippen molar-refractivity contribution in [3.05, 3.63) is 28.8 Å². The first-order chi connectivity index (χ1) is 9.11. The number of methoxy groups -OCH3 is 1. The van der Waals surface area contributed by atoms with E-state index in [4.69, 9.17) is 16.3 Å². The van der Waals surface area contributed by atoms with E-state index in [0.29, 0.717) is 16.3 Å². The summed E-state index contributed by atoms with van der Waals surface area (Å²) in [6.45, 7) is 4.99. The van der Waals surface area contributed by atoms with E-state index >= 15 is 0 Å². The van der Waals surface area contributed by atoms with Crippen LogP contribution in [0.15, 0.2) is 18.2 Å². The van der Waals surface area contributed by atoms with Crippen LogP contribution in [0.3, 0.4) is 0 Å². The summed E-state index contributed by atoms with van der Waals surface area (Å²) in [6, 6.07) is 5.18. The van der Waals surface area contributed by atoms with Gasteiger partial charge in [-0.2, -0.15) is 0 Å². The number of hydrogen-bond acceptors (Lipinski definition) is 3. The van der Waals surface area contributed by atoms with Gasteiger partial charge in [0.15, 0.2) is 5.78 Å². The van der Waals surface area contributed by atoms with Gasteiger partial charge in [-0.25, -0.2) is 0 Å². The van der Waals surface area contributed by atoms with Crippen LogP contribution in [-0.4, -0.2) is 37.4 Å². The highest BCUT2D eigenvalue weighted by Gasteiger charge is 2.23. The van der Waals surface area contributed by atoms with Crippen molar-refractivity contribution in [1.29, 1.82) is 0 Å². The predicted octanol–water partition coefficient (Wildman–Crippen LogP) is 3.26. The number of hydrogen-bond donors (Lipinski definition) is 0. The molecule has 1 atom stereocenters. The molecule has 3 nitrogen and oxygen atoms in total. The van der Waals surface area contributed by atoms with Crippen molar-refractivity contribution < 1.29 is 9.53 Å². The SMILES string of the molecule is COc1ccc(Cl)cc1C(=O)C(C)CN1CCCC1. The fraction of sp³-hybridized carbons (Fsp3) is 0.533. The van der Waals surface area contributed by atoms with Gasteiger partial charge in [-0.1, -0.05) is 18.5 Å². The van der Waals surface area contributed by atoms with Crippen molar-refractivity contribution in [2.75, 3.05) is 26.7 Å². The zero-order chi connectivity index (χ0) is 13.8. The van der Waals surface area contributed by atoms with Crippen molar-refractivity contribution in [2.45, 2.75) is 19.8 Å². The predicted molar refractivity (Wildman–Crippen MR) is 77.2 cm³/mol. The molecule has 1 aromatic rings. The fourth-order valence-corrected chi connectivity index (χ4v) is 2.75. The number of Topliss-reactive ketones (excluding diaryl/α,β-unsaturated/α-hetero) is 1. The Kier molecular flexibility index (Phi) is 4.83. The van der Waals surface area contributed by atoms with Gasteiger partial charge in [0, 0.05) is 17.5 Å². The molecule has 1 fully saturated rings. The van der Waals surface area contributed by atoms with Crippen LogP contribution in [0.4, 0.5) is 0 Å². The molecule has 2 rings (SSSR count). The lowest BCUT2D eigenvalue weighted by Gasteiger charge is -2.20. The molecule has 104 valence electrons. The first-order valence-electron chi connectivity index (χ1n) is 6.72. The molecule has 1 unspecified atom stereocenters. The average Bonchev–Trinajstić information content (AvgIpc) is 2.90. The van der Waals surface area contributed by atoms with E-state index in [1.54, 1.807) is 25.3 Å². The van der Waals surface area contributed by atoms with Crippen molar-refractivity contribution >= 4 is 17.4 Å². The smallest absolute Gasteiger partial charge is 0.170 e. The summed E-state index contributed by atoms with van der Waals surface area (Å²) in [4.78, 5) is 14.8. The number of carbonyl (C=O) groups is 1. The van der Waals surface area contributed by atoms with Crippen LogP contribution in [-0.2, 0) is 0 Å². The first-order valence-corrected chi connectivity index (χ1v) is 7.09. The number of likely N-dealkylation sites (tertiary alicyclic amines) is 1. The van der Waals surface area contributed by atoms with Crippen molar-refractivity contribution in [3.8, 4) is 5.75 Å². The Hall–Kier alpha value is -1.06. The van der Waals surface area contributed by atoms with Gasteiger partial charge in [0.1, 0.15) is 5.75 Å². The van der Waals surface area contributed by atoms with Gasteiger partial charge in [-0.3, -0.25) is 4.79 Å². The monoisotopic (exact) mass is 281 g/mol. The summed E-state index contributed by atoms with van der Waals surface area (Å²) >= 11 is 5.97. The van der Waals surface area contributed by atoms with Gasteiger partial charge in [0.05, 0.1) is 12.7 Å². The van der Waals surface area contributed by atoms with E-state index in [0.717, 1.165) is 19.6 Å². The maximum atomic E-state index is 12.5. The standard InChI is InChI=1S/C15H20ClNO2/c1-11(10-17-7-3-4-8-17)15(18)13-9-12(16)5-6-14(13)19-2/h5-6,9,11H,3-4,7-8,10H2,1-2H3. The molecule has 4 heteroatoms. The summed E-state index contributed by atoms with van der Waals surface area (Å²) < 4.78 is 5.25. The summed E-state index contributed by atoms with van der Waals surface area (Å²) in [6.07, 6.45) is 2.47. The molecule has 0 bridgehead atoms. The lowest BCUT2D eigenvalue weighted by atomic mass is 9.98. The molecule has 1 aliphatic rings. The average molecular weight is 282 g/mol. The molecule has 1 aliphatic heterocycles. The molecule has 19 heavy (non-hydrogen) atoms. The fourth-order valence-electron chi connectivity index (χ4n) is 2.57. The number of rotatable bonds is 5. The van der Waals surface area contributed by atoms with Gasteiger partial charge in [0.2, 0.25) is 0 Å². The van der Waals surface area contributed by atoms with E-state index in [1.165, 1.54) is 12.8 Å². The second kappa shape index (κ2) is 6.40. The van der Waals surface area contributed by atoms with E-state index in [-0.39, 0.29) is 11.7 Å². The van der Waals surface area contributed by atoms with Crippen LogP contribution < -0.4 is 4.74 Å². The number of ketones is 1.